The summed E-state index contributed by atoms with van der Waals surface area (Å²) >= 11 is 0. The first-order valence-electron chi connectivity index (χ1n) is 12.9. The van der Waals surface area contributed by atoms with Gasteiger partial charge in [0, 0.05) is 38.9 Å². The molecule has 0 atom stereocenters. The topological polar surface area (TPSA) is 18.5 Å². The quantitative estimate of drug-likeness (QED) is 0.229. The summed E-state index contributed by atoms with van der Waals surface area (Å²) in [6, 6.07) is 38.5. The number of ether oxygens (including phenoxy) is 2. The van der Waals surface area contributed by atoms with Crippen molar-refractivity contribution >= 4 is 10.8 Å². The second-order valence-electron chi connectivity index (χ2n) is 9.06. The molecule has 0 N–H and O–H groups in total. The molecule has 1 aliphatic rings. The van der Waals surface area contributed by atoms with Crippen LogP contribution >= 0.6 is 0 Å². The SMILES string of the molecule is C(#Cc1ccccc1C#Cc1ccccc1C#Cc1ccccc1C1OCCO1)c1ccc2ccccc2c1. The summed E-state index contributed by atoms with van der Waals surface area (Å²) in [4.78, 5) is 0. The lowest BCUT2D eigenvalue weighted by molar-refractivity contribution is -0.0442. The summed E-state index contributed by atoms with van der Waals surface area (Å²) in [7, 11) is 0. The predicted octanol–water partition coefficient (Wildman–Crippen LogP) is 7.08. The Morgan fingerprint density at radius 3 is 1.51 bits per heavy atom. The van der Waals surface area contributed by atoms with Crippen molar-refractivity contribution in [3.05, 3.63) is 154 Å². The molecule has 5 aromatic carbocycles. The lowest BCUT2D eigenvalue weighted by atomic mass is 10.0. The fourth-order valence-electron chi connectivity index (χ4n) is 4.43. The fourth-order valence-corrected chi connectivity index (χ4v) is 4.43. The van der Waals surface area contributed by atoms with E-state index < -0.39 is 0 Å². The van der Waals surface area contributed by atoms with Crippen LogP contribution in [0.5, 0.6) is 0 Å². The largest absolute Gasteiger partial charge is 0.346 e. The van der Waals surface area contributed by atoms with Gasteiger partial charge in [-0.1, -0.05) is 108 Å². The molecule has 0 amide bonds. The molecular weight excluding hydrogens is 476 g/mol. The van der Waals surface area contributed by atoms with E-state index in [1.165, 1.54) is 10.8 Å². The summed E-state index contributed by atoms with van der Waals surface area (Å²) in [6.07, 6.45) is -0.363. The fraction of sp³-hybridized carbons (Fsp3) is 0.0811. The molecule has 0 spiro atoms. The zero-order valence-electron chi connectivity index (χ0n) is 21.3. The maximum Gasteiger partial charge on any atom is 0.185 e. The molecule has 1 heterocycles. The van der Waals surface area contributed by atoms with Gasteiger partial charge >= 0.3 is 0 Å². The smallest absolute Gasteiger partial charge is 0.185 e. The molecule has 39 heavy (non-hydrogen) atoms. The standard InChI is InChI=1S/C37H24O2/c1-2-10-30(29(9-1)19-17-28-18-20-33-13-5-6-15-35(33)27-28)21-22-31-11-3-4-12-32(31)23-24-34-14-7-8-16-36(34)37-38-25-26-39-37/h1-16,18,20,27,37H,25-26H2. The van der Waals surface area contributed by atoms with Gasteiger partial charge in [-0.3, -0.25) is 0 Å². The van der Waals surface area contributed by atoms with E-state index in [1.807, 2.05) is 84.9 Å². The molecule has 2 heteroatoms. The number of benzene rings is 5. The van der Waals surface area contributed by atoms with Crippen LogP contribution in [0.25, 0.3) is 10.8 Å². The molecule has 0 saturated carbocycles. The zero-order valence-corrected chi connectivity index (χ0v) is 21.3. The van der Waals surface area contributed by atoms with Gasteiger partial charge in [-0.25, -0.2) is 0 Å². The Labute approximate surface area is 229 Å². The minimum absolute atomic E-state index is 0.363. The van der Waals surface area contributed by atoms with Crippen LogP contribution in [0.4, 0.5) is 0 Å². The number of hydrogen-bond donors (Lipinski definition) is 0. The first-order chi connectivity index (χ1) is 19.3. The van der Waals surface area contributed by atoms with Crippen LogP contribution in [-0.2, 0) is 9.47 Å². The highest BCUT2D eigenvalue weighted by Gasteiger charge is 2.20. The van der Waals surface area contributed by atoms with Crippen molar-refractivity contribution in [2.45, 2.75) is 6.29 Å². The Bertz CT molecular complexity index is 1840. The maximum absolute atomic E-state index is 5.70. The normalized spacial score (nSPS) is 12.5. The van der Waals surface area contributed by atoms with Gasteiger partial charge in [0.2, 0.25) is 0 Å². The van der Waals surface area contributed by atoms with Crippen molar-refractivity contribution in [3.8, 4) is 35.5 Å². The van der Waals surface area contributed by atoms with E-state index in [0.29, 0.717) is 13.2 Å². The van der Waals surface area contributed by atoms with Gasteiger partial charge in [-0.05, 0) is 53.2 Å². The molecule has 0 aliphatic carbocycles. The lowest BCUT2D eigenvalue weighted by Gasteiger charge is -2.10. The molecule has 0 aromatic heterocycles. The first-order valence-corrected chi connectivity index (χ1v) is 12.9. The lowest BCUT2D eigenvalue weighted by Crippen LogP contribution is -2.00. The predicted molar refractivity (Wildman–Crippen MR) is 156 cm³/mol. The van der Waals surface area contributed by atoms with Gasteiger partial charge in [0.05, 0.1) is 13.2 Å². The van der Waals surface area contributed by atoms with Crippen LogP contribution in [0.15, 0.2) is 115 Å². The third-order valence-electron chi connectivity index (χ3n) is 6.45. The monoisotopic (exact) mass is 500 g/mol. The zero-order chi connectivity index (χ0) is 26.3. The summed E-state index contributed by atoms with van der Waals surface area (Å²) in [5.41, 5.74) is 6.33. The van der Waals surface area contributed by atoms with Crippen molar-refractivity contribution in [2.24, 2.45) is 0 Å². The Morgan fingerprint density at radius 2 is 0.897 bits per heavy atom. The third kappa shape index (κ3) is 5.78. The van der Waals surface area contributed by atoms with Crippen LogP contribution in [0.1, 0.15) is 45.2 Å². The summed E-state index contributed by atoms with van der Waals surface area (Å²) < 4.78 is 11.4. The van der Waals surface area contributed by atoms with Crippen LogP contribution < -0.4 is 0 Å². The molecule has 1 fully saturated rings. The number of hydrogen-bond acceptors (Lipinski definition) is 2. The van der Waals surface area contributed by atoms with Crippen LogP contribution in [0.3, 0.4) is 0 Å². The minimum Gasteiger partial charge on any atom is -0.346 e. The second kappa shape index (κ2) is 11.6. The van der Waals surface area contributed by atoms with Crippen molar-refractivity contribution in [3.63, 3.8) is 0 Å². The van der Waals surface area contributed by atoms with Gasteiger partial charge in [-0.2, -0.15) is 0 Å². The Balaban J connectivity index is 1.29. The van der Waals surface area contributed by atoms with Gasteiger partial charge in [0.25, 0.3) is 0 Å². The van der Waals surface area contributed by atoms with E-state index in [4.69, 9.17) is 9.47 Å². The van der Waals surface area contributed by atoms with Gasteiger partial charge < -0.3 is 9.47 Å². The van der Waals surface area contributed by atoms with Crippen molar-refractivity contribution in [1.29, 1.82) is 0 Å². The molecular formula is C37H24O2. The van der Waals surface area contributed by atoms with Crippen molar-refractivity contribution < 1.29 is 9.47 Å². The van der Waals surface area contributed by atoms with Gasteiger partial charge in [0.1, 0.15) is 0 Å². The molecule has 5 aromatic rings. The molecule has 1 saturated heterocycles. The molecule has 1 aliphatic heterocycles. The van der Waals surface area contributed by atoms with Crippen LogP contribution in [0.2, 0.25) is 0 Å². The first kappa shape index (κ1) is 24.3. The van der Waals surface area contributed by atoms with E-state index in [9.17, 15) is 0 Å². The van der Waals surface area contributed by atoms with E-state index in [2.05, 4.69) is 65.9 Å². The Hall–Kier alpha value is -5.04. The molecule has 2 nitrogen and oxygen atoms in total. The minimum atomic E-state index is -0.363. The average Bonchev–Trinajstić information content (AvgIpc) is 3.54. The molecule has 0 unspecified atom stereocenters. The molecule has 0 bridgehead atoms. The van der Waals surface area contributed by atoms with Gasteiger partial charge in [-0.15, -0.1) is 0 Å². The van der Waals surface area contributed by atoms with E-state index in [0.717, 1.165) is 38.9 Å². The van der Waals surface area contributed by atoms with E-state index in [-0.39, 0.29) is 6.29 Å². The highest BCUT2D eigenvalue weighted by molar-refractivity contribution is 5.83. The average molecular weight is 501 g/mol. The number of rotatable bonds is 1. The van der Waals surface area contributed by atoms with Crippen molar-refractivity contribution in [1.82, 2.24) is 0 Å². The van der Waals surface area contributed by atoms with E-state index >= 15 is 0 Å². The molecule has 184 valence electrons. The van der Waals surface area contributed by atoms with E-state index in [1.54, 1.807) is 0 Å². The van der Waals surface area contributed by atoms with Crippen molar-refractivity contribution in [2.75, 3.05) is 13.2 Å². The summed E-state index contributed by atoms with van der Waals surface area (Å²) in [5, 5.41) is 2.39. The maximum atomic E-state index is 5.70. The highest BCUT2D eigenvalue weighted by atomic mass is 16.7. The third-order valence-corrected chi connectivity index (χ3v) is 6.45. The summed E-state index contributed by atoms with van der Waals surface area (Å²) in [6.45, 7) is 1.19. The molecule has 6 rings (SSSR count). The number of fused-ring (bicyclic) bond motifs is 1. The second-order valence-corrected chi connectivity index (χ2v) is 9.06. The Kier molecular flexibility index (Phi) is 7.21. The van der Waals surface area contributed by atoms with Gasteiger partial charge in [0.15, 0.2) is 6.29 Å². The highest BCUT2D eigenvalue weighted by Crippen LogP contribution is 2.26. The Morgan fingerprint density at radius 1 is 0.436 bits per heavy atom. The van der Waals surface area contributed by atoms with Crippen LogP contribution in [-0.4, -0.2) is 13.2 Å². The molecule has 0 radical (unpaired) electrons. The summed E-state index contributed by atoms with van der Waals surface area (Å²) in [5.74, 6) is 19.9. The van der Waals surface area contributed by atoms with Crippen LogP contribution in [0, 0.1) is 35.5 Å².